The molecule has 2 rings (SSSR count). The molecule has 1 aliphatic rings. The lowest BCUT2D eigenvalue weighted by Crippen LogP contribution is -2.34. The number of hydrogen-bond donors (Lipinski definition) is 1. The average molecular weight is 290 g/mol. The van der Waals surface area contributed by atoms with Gasteiger partial charge in [0.25, 0.3) is 0 Å². The molecule has 0 amide bonds. The molecule has 0 spiro atoms. The van der Waals surface area contributed by atoms with Gasteiger partial charge in [-0.1, -0.05) is 30.3 Å². The van der Waals surface area contributed by atoms with Gasteiger partial charge in [-0.25, -0.2) is 0 Å². The van der Waals surface area contributed by atoms with Crippen molar-refractivity contribution >= 4 is 6.21 Å². The maximum Gasteiger partial charge on any atom is 0.0716 e. The first-order valence-corrected chi connectivity index (χ1v) is 7.90. The van der Waals surface area contributed by atoms with E-state index in [0.29, 0.717) is 12.5 Å². The maximum absolute atomic E-state index is 8.53. The van der Waals surface area contributed by atoms with Crippen molar-refractivity contribution in [2.75, 3.05) is 26.2 Å². The first-order chi connectivity index (χ1) is 10.4. The Morgan fingerprint density at radius 2 is 1.95 bits per heavy atom. The Balaban J connectivity index is 1.47. The van der Waals surface area contributed by atoms with Gasteiger partial charge in [-0.2, -0.15) is 0 Å². The Labute approximate surface area is 127 Å². The molecule has 1 fully saturated rings. The molecule has 1 aromatic rings. The van der Waals surface area contributed by atoms with Crippen LogP contribution in [-0.4, -0.2) is 42.6 Å². The van der Waals surface area contributed by atoms with E-state index in [1.807, 2.05) is 18.2 Å². The lowest BCUT2D eigenvalue weighted by Gasteiger charge is -2.29. The molecule has 0 atom stereocenters. The highest BCUT2D eigenvalue weighted by molar-refractivity contribution is 5.59. The summed E-state index contributed by atoms with van der Waals surface area (Å²) in [5.74, 6) is 0.459. The van der Waals surface area contributed by atoms with E-state index in [1.165, 1.54) is 12.0 Å². The second kappa shape index (κ2) is 9.53. The number of hydrogen-bond acceptors (Lipinski definition) is 4. The van der Waals surface area contributed by atoms with Crippen LogP contribution in [0.15, 0.2) is 35.5 Å². The van der Waals surface area contributed by atoms with Crippen molar-refractivity contribution in [3.8, 4) is 0 Å². The molecular weight excluding hydrogens is 264 g/mol. The van der Waals surface area contributed by atoms with Gasteiger partial charge in [0.1, 0.15) is 0 Å². The van der Waals surface area contributed by atoms with Gasteiger partial charge in [0, 0.05) is 12.8 Å². The standard InChI is InChI=1S/C17H26N2O2/c20-18-14-16-8-11-19(12-9-16)10-4-5-13-21-15-17-6-2-1-3-7-17/h1-3,6-7,14,16,20H,4-5,8-13,15H2. The number of likely N-dealkylation sites (tertiary alicyclic amines) is 1. The molecule has 0 unspecified atom stereocenters. The van der Waals surface area contributed by atoms with E-state index in [2.05, 4.69) is 22.2 Å². The molecule has 0 radical (unpaired) electrons. The van der Waals surface area contributed by atoms with Crippen LogP contribution in [0.3, 0.4) is 0 Å². The van der Waals surface area contributed by atoms with Gasteiger partial charge in [0.05, 0.1) is 6.61 Å². The van der Waals surface area contributed by atoms with E-state index >= 15 is 0 Å². The zero-order chi connectivity index (χ0) is 14.8. The van der Waals surface area contributed by atoms with Crippen LogP contribution in [0, 0.1) is 5.92 Å². The van der Waals surface area contributed by atoms with Crippen molar-refractivity contribution in [2.45, 2.75) is 32.3 Å². The summed E-state index contributed by atoms with van der Waals surface area (Å²) in [6, 6.07) is 10.3. The Morgan fingerprint density at radius 3 is 2.67 bits per heavy atom. The molecule has 0 saturated carbocycles. The van der Waals surface area contributed by atoms with Gasteiger partial charge < -0.3 is 14.8 Å². The molecule has 116 valence electrons. The molecule has 1 heterocycles. The number of unbranched alkanes of at least 4 members (excludes halogenated alkanes) is 1. The van der Waals surface area contributed by atoms with Gasteiger partial charge in [-0.05, 0) is 56.8 Å². The summed E-state index contributed by atoms with van der Waals surface area (Å²) in [7, 11) is 0. The minimum Gasteiger partial charge on any atom is -0.411 e. The first-order valence-electron chi connectivity index (χ1n) is 7.90. The lowest BCUT2D eigenvalue weighted by molar-refractivity contribution is 0.112. The molecular formula is C17H26N2O2. The van der Waals surface area contributed by atoms with Gasteiger partial charge in [-0.3, -0.25) is 0 Å². The van der Waals surface area contributed by atoms with Crippen molar-refractivity contribution in [3.05, 3.63) is 35.9 Å². The molecule has 1 N–H and O–H groups in total. The molecule has 0 bridgehead atoms. The van der Waals surface area contributed by atoms with Crippen molar-refractivity contribution in [2.24, 2.45) is 11.1 Å². The highest BCUT2D eigenvalue weighted by atomic mass is 16.5. The number of benzene rings is 1. The monoisotopic (exact) mass is 290 g/mol. The molecule has 0 aromatic heterocycles. The summed E-state index contributed by atoms with van der Waals surface area (Å²) in [4.78, 5) is 2.50. The molecule has 4 nitrogen and oxygen atoms in total. The van der Waals surface area contributed by atoms with Crippen molar-refractivity contribution in [1.82, 2.24) is 4.90 Å². The number of oxime groups is 1. The molecule has 0 aliphatic carbocycles. The van der Waals surface area contributed by atoms with Crippen LogP contribution in [-0.2, 0) is 11.3 Å². The minimum atomic E-state index is 0.459. The van der Waals surface area contributed by atoms with Crippen LogP contribution >= 0.6 is 0 Å². The van der Waals surface area contributed by atoms with E-state index in [0.717, 1.165) is 45.5 Å². The maximum atomic E-state index is 8.53. The summed E-state index contributed by atoms with van der Waals surface area (Å²) in [5.41, 5.74) is 1.24. The van der Waals surface area contributed by atoms with E-state index in [4.69, 9.17) is 9.94 Å². The fraction of sp³-hybridized carbons (Fsp3) is 0.588. The third-order valence-electron chi connectivity index (χ3n) is 4.03. The normalized spacial score (nSPS) is 17.5. The first kappa shape index (κ1) is 16.0. The zero-order valence-electron chi connectivity index (χ0n) is 12.7. The largest absolute Gasteiger partial charge is 0.411 e. The topological polar surface area (TPSA) is 45.1 Å². The SMILES string of the molecule is ON=CC1CCN(CCCCOCc2ccccc2)CC1. The molecule has 1 saturated heterocycles. The van der Waals surface area contributed by atoms with Gasteiger partial charge in [-0.15, -0.1) is 5.16 Å². The number of rotatable bonds is 8. The second-order valence-electron chi connectivity index (χ2n) is 5.69. The van der Waals surface area contributed by atoms with Crippen molar-refractivity contribution in [3.63, 3.8) is 0 Å². The number of nitrogens with zero attached hydrogens (tertiary/aromatic N) is 2. The van der Waals surface area contributed by atoms with E-state index < -0.39 is 0 Å². The smallest absolute Gasteiger partial charge is 0.0716 e. The van der Waals surface area contributed by atoms with Gasteiger partial charge >= 0.3 is 0 Å². The van der Waals surface area contributed by atoms with E-state index in [-0.39, 0.29) is 0 Å². The Morgan fingerprint density at radius 1 is 1.19 bits per heavy atom. The minimum absolute atomic E-state index is 0.459. The zero-order valence-corrected chi connectivity index (χ0v) is 12.7. The van der Waals surface area contributed by atoms with Crippen molar-refractivity contribution < 1.29 is 9.94 Å². The summed E-state index contributed by atoms with van der Waals surface area (Å²) in [6.07, 6.45) is 6.19. The van der Waals surface area contributed by atoms with Crippen LogP contribution in [0.5, 0.6) is 0 Å². The number of piperidine rings is 1. The Bertz CT molecular complexity index is 401. The quantitative estimate of drug-likeness (QED) is 0.346. The summed E-state index contributed by atoms with van der Waals surface area (Å²) >= 11 is 0. The Hall–Kier alpha value is -1.39. The molecule has 1 aromatic carbocycles. The van der Waals surface area contributed by atoms with Crippen molar-refractivity contribution in [1.29, 1.82) is 0 Å². The van der Waals surface area contributed by atoms with Crippen LogP contribution < -0.4 is 0 Å². The molecule has 21 heavy (non-hydrogen) atoms. The van der Waals surface area contributed by atoms with Gasteiger partial charge in [0.2, 0.25) is 0 Å². The molecule has 1 aliphatic heterocycles. The summed E-state index contributed by atoms with van der Waals surface area (Å²) < 4.78 is 5.69. The lowest BCUT2D eigenvalue weighted by atomic mass is 9.98. The average Bonchev–Trinajstić information content (AvgIpc) is 2.53. The third-order valence-corrected chi connectivity index (χ3v) is 4.03. The van der Waals surface area contributed by atoms with Crippen LogP contribution in [0.25, 0.3) is 0 Å². The fourth-order valence-electron chi connectivity index (χ4n) is 2.72. The predicted octanol–water partition coefficient (Wildman–Crippen LogP) is 3.16. The molecule has 4 heteroatoms. The van der Waals surface area contributed by atoms with Crippen LogP contribution in [0.2, 0.25) is 0 Å². The third kappa shape index (κ3) is 6.27. The van der Waals surface area contributed by atoms with E-state index in [1.54, 1.807) is 6.21 Å². The van der Waals surface area contributed by atoms with Crippen LogP contribution in [0.1, 0.15) is 31.2 Å². The van der Waals surface area contributed by atoms with E-state index in [9.17, 15) is 0 Å². The highest BCUT2D eigenvalue weighted by Gasteiger charge is 2.17. The fourth-order valence-corrected chi connectivity index (χ4v) is 2.72. The summed E-state index contributed by atoms with van der Waals surface area (Å²) in [5, 5.41) is 11.7. The summed E-state index contributed by atoms with van der Waals surface area (Å²) in [6.45, 7) is 4.93. The predicted molar refractivity (Wildman–Crippen MR) is 84.8 cm³/mol. The van der Waals surface area contributed by atoms with Crippen LogP contribution in [0.4, 0.5) is 0 Å². The second-order valence-corrected chi connectivity index (χ2v) is 5.69. The van der Waals surface area contributed by atoms with Gasteiger partial charge in [0.15, 0.2) is 0 Å². The number of ether oxygens (including phenoxy) is 1. The Kier molecular flexibility index (Phi) is 7.25. The highest BCUT2D eigenvalue weighted by Crippen LogP contribution is 2.15.